The van der Waals surface area contributed by atoms with E-state index in [9.17, 15) is 10.1 Å². The first kappa shape index (κ1) is 18.8. The third-order valence-electron chi connectivity index (χ3n) is 4.45. The van der Waals surface area contributed by atoms with Gasteiger partial charge in [-0.25, -0.2) is 4.99 Å². The first-order chi connectivity index (χ1) is 12.3. The van der Waals surface area contributed by atoms with Gasteiger partial charge in [-0.1, -0.05) is 0 Å². The fourth-order valence-corrected chi connectivity index (χ4v) is 4.70. The van der Waals surface area contributed by atoms with Crippen LogP contribution in [0.15, 0.2) is 34.6 Å². The van der Waals surface area contributed by atoms with Crippen LogP contribution in [0, 0.1) is 14.9 Å². The summed E-state index contributed by atoms with van der Waals surface area (Å²) in [6.07, 6.45) is -0.753. The lowest BCUT2D eigenvalue weighted by atomic mass is 9.90. The number of nitrogens with zero attached hydrogens (tertiary/aromatic N) is 3. The van der Waals surface area contributed by atoms with Gasteiger partial charge in [0.1, 0.15) is 5.54 Å². The Hall–Kier alpha value is -1.96. The van der Waals surface area contributed by atoms with Gasteiger partial charge in [0.15, 0.2) is 12.1 Å². The molecule has 6 nitrogen and oxygen atoms in total. The average molecular weight is 480 g/mol. The Balaban J connectivity index is 2.08. The number of rotatable bonds is 3. The summed E-state index contributed by atoms with van der Waals surface area (Å²) in [5.74, 6) is -0.0553. The molecule has 3 rings (SSSR count). The molecule has 1 amide bonds. The van der Waals surface area contributed by atoms with E-state index < -0.39 is 11.6 Å². The van der Waals surface area contributed by atoms with E-state index in [1.807, 2.05) is 36.6 Å². The van der Waals surface area contributed by atoms with Crippen molar-refractivity contribution >= 4 is 45.8 Å². The third kappa shape index (κ3) is 3.11. The normalized spacial score (nSPS) is 22.9. The van der Waals surface area contributed by atoms with Gasteiger partial charge in [-0.2, -0.15) is 5.26 Å². The highest BCUT2D eigenvalue weighted by molar-refractivity contribution is 14.1. The molecule has 0 fully saturated rings. The van der Waals surface area contributed by atoms with Crippen molar-refractivity contribution in [2.24, 2.45) is 10.7 Å². The molecule has 2 atom stereocenters. The van der Waals surface area contributed by atoms with Crippen LogP contribution in [0.1, 0.15) is 17.4 Å². The molecule has 1 aliphatic heterocycles. The van der Waals surface area contributed by atoms with Crippen LogP contribution in [0.25, 0.3) is 11.1 Å². The van der Waals surface area contributed by atoms with Gasteiger partial charge in [0.25, 0.3) is 5.91 Å². The number of aliphatic imine (C=N–C) groups is 1. The maximum absolute atomic E-state index is 12.6. The second-order valence-electron chi connectivity index (χ2n) is 6.17. The largest absolute Gasteiger partial charge is 0.369 e. The SMILES string of the molecule is COC1C(=O)N(C)C(N)=NC1(C)c1cc(-c2cc(I)cc(C#N)c2)cs1. The lowest BCUT2D eigenvalue weighted by Gasteiger charge is -2.38. The number of thiophene rings is 1. The minimum absolute atomic E-state index is 0.168. The number of benzene rings is 1. The molecule has 1 aliphatic rings. The maximum atomic E-state index is 12.6. The molecule has 0 radical (unpaired) electrons. The van der Waals surface area contributed by atoms with E-state index in [1.165, 1.54) is 23.3 Å². The molecule has 2 N–H and O–H groups in total. The molecular weight excluding hydrogens is 463 g/mol. The fourth-order valence-electron chi connectivity index (χ4n) is 2.99. The number of carbonyl (C=O) groups is 1. The van der Waals surface area contributed by atoms with Crippen molar-refractivity contribution in [3.05, 3.63) is 43.7 Å². The molecule has 0 spiro atoms. The zero-order valence-corrected chi connectivity index (χ0v) is 17.5. The first-order valence-electron chi connectivity index (χ1n) is 7.76. The Bertz CT molecular complexity index is 949. The number of hydrogen-bond acceptors (Lipinski definition) is 6. The third-order valence-corrected chi connectivity index (χ3v) is 6.23. The highest BCUT2D eigenvalue weighted by Crippen LogP contribution is 2.40. The number of nitrogens with two attached hydrogens (primary N) is 1. The van der Waals surface area contributed by atoms with Crippen molar-refractivity contribution < 1.29 is 9.53 Å². The number of methoxy groups -OCH3 is 1. The smallest absolute Gasteiger partial charge is 0.261 e. The van der Waals surface area contributed by atoms with Gasteiger partial charge in [0.05, 0.1) is 11.6 Å². The zero-order valence-electron chi connectivity index (χ0n) is 14.5. The van der Waals surface area contributed by atoms with Crippen LogP contribution in [0.3, 0.4) is 0 Å². The number of likely N-dealkylation sites (N-methyl/N-ethyl adjacent to an activating group) is 1. The molecule has 134 valence electrons. The van der Waals surface area contributed by atoms with E-state index in [0.29, 0.717) is 5.56 Å². The predicted octanol–water partition coefficient (Wildman–Crippen LogP) is 2.91. The predicted molar refractivity (Wildman–Crippen MR) is 110 cm³/mol. The maximum Gasteiger partial charge on any atom is 0.261 e. The summed E-state index contributed by atoms with van der Waals surface area (Å²) in [5, 5.41) is 11.2. The average Bonchev–Trinajstić information content (AvgIpc) is 3.10. The molecule has 0 saturated heterocycles. The molecule has 2 aromatic rings. The Morgan fingerprint density at radius 2 is 2.12 bits per heavy atom. The van der Waals surface area contributed by atoms with Gasteiger partial charge in [0.2, 0.25) is 0 Å². The highest BCUT2D eigenvalue weighted by Gasteiger charge is 2.47. The molecule has 0 saturated carbocycles. The number of hydrogen-bond donors (Lipinski definition) is 1. The summed E-state index contributed by atoms with van der Waals surface area (Å²) >= 11 is 3.69. The molecule has 2 unspecified atom stereocenters. The van der Waals surface area contributed by atoms with Gasteiger partial charge < -0.3 is 10.5 Å². The van der Waals surface area contributed by atoms with Crippen LogP contribution in [0.4, 0.5) is 0 Å². The molecule has 2 heterocycles. The van der Waals surface area contributed by atoms with Crippen molar-refractivity contribution in [1.82, 2.24) is 4.90 Å². The highest BCUT2D eigenvalue weighted by atomic mass is 127. The van der Waals surface area contributed by atoms with E-state index in [-0.39, 0.29) is 11.9 Å². The van der Waals surface area contributed by atoms with Gasteiger partial charge >= 0.3 is 0 Å². The second kappa shape index (κ2) is 6.98. The van der Waals surface area contributed by atoms with Gasteiger partial charge in [-0.15, -0.1) is 11.3 Å². The summed E-state index contributed by atoms with van der Waals surface area (Å²) in [7, 11) is 3.08. The summed E-state index contributed by atoms with van der Waals surface area (Å²) in [6, 6.07) is 9.86. The van der Waals surface area contributed by atoms with Crippen LogP contribution < -0.4 is 5.73 Å². The Morgan fingerprint density at radius 1 is 1.38 bits per heavy atom. The number of guanidine groups is 1. The minimum atomic E-state index is -0.897. The fraction of sp³-hybridized carbons (Fsp3) is 0.278. The molecule has 0 bridgehead atoms. The second-order valence-corrected chi connectivity index (χ2v) is 8.33. The van der Waals surface area contributed by atoms with Gasteiger partial charge in [-0.3, -0.25) is 9.69 Å². The van der Waals surface area contributed by atoms with Crippen LogP contribution in [-0.4, -0.2) is 37.0 Å². The van der Waals surface area contributed by atoms with Crippen LogP contribution >= 0.6 is 33.9 Å². The summed E-state index contributed by atoms with van der Waals surface area (Å²) in [6.45, 7) is 1.85. The van der Waals surface area contributed by atoms with E-state index in [1.54, 1.807) is 7.05 Å². The summed E-state index contributed by atoms with van der Waals surface area (Å²) in [4.78, 5) is 19.3. The van der Waals surface area contributed by atoms with E-state index in [0.717, 1.165) is 19.6 Å². The number of halogens is 1. The molecule has 1 aromatic heterocycles. The minimum Gasteiger partial charge on any atom is -0.369 e. The van der Waals surface area contributed by atoms with Crippen molar-refractivity contribution in [1.29, 1.82) is 5.26 Å². The summed E-state index contributed by atoms with van der Waals surface area (Å²) < 4.78 is 6.46. The van der Waals surface area contributed by atoms with Crippen molar-refractivity contribution in [2.45, 2.75) is 18.6 Å². The molecule has 1 aromatic carbocycles. The van der Waals surface area contributed by atoms with Crippen LogP contribution in [0.2, 0.25) is 0 Å². The van der Waals surface area contributed by atoms with Crippen LogP contribution in [0.5, 0.6) is 0 Å². The molecule has 0 aliphatic carbocycles. The Labute approximate surface area is 169 Å². The van der Waals surface area contributed by atoms with E-state index in [2.05, 4.69) is 33.7 Å². The number of amides is 1. The van der Waals surface area contributed by atoms with E-state index in [4.69, 9.17) is 10.5 Å². The van der Waals surface area contributed by atoms with Crippen LogP contribution in [-0.2, 0) is 15.1 Å². The number of ether oxygens (including phenoxy) is 1. The topological polar surface area (TPSA) is 91.7 Å². The quantitative estimate of drug-likeness (QED) is 0.685. The number of nitriles is 1. The Kier molecular flexibility index (Phi) is 5.05. The van der Waals surface area contributed by atoms with Crippen molar-refractivity contribution in [3.63, 3.8) is 0 Å². The lowest BCUT2D eigenvalue weighted by molar-refractivity contribution is -0.142. The Morgan fingerprint density at radius 3 is 2.77 bits per heavy atom. The monoisotopic (exact) mass is 480 g/mol. The molecule has 8 heteroatoms. The zero-order chi connectivity index (χ0) is 19.1. The molecule has 26 heavy (non-hydrogen) atoms. The molecular formula is C18H17IN4O2S. The number of carbonyl (C=O) groups excluding carboxylic acids is 1. The van der Waals surface area contributed by atoms with Crippen molar-refractivity contribution in [3.8, 4) is 17.2 Å². The first-order valence-corrected chi connectivity index (χ1v) is 9.71. The van der Waals surface area contributed by atoms with E-state index >= 15 is 0 Å². The van der Waals surface area contributed by atoms with Crippen molar-refractivity contribution in [2.75, 3.05) is 14.2 Å². The summed E-state index contributed by atoms with van der Waals surface area (Å²) in [5.41, 5.74) is 7.57. The van der Waals surface area contributed by atoms with Gasteiger partial charge in [0, 0.05) is 22.6 Å². The van der Waals surface area contributed by atoms with Gasteiger partial charge in [-0.05, 0) is 70.3 Å². The lowest BCUT2D eigenvalue weighted by Crippen LogP contribution is -2.57. The standard InChI is InChI=1S/C18H17IN4O2S/c1-18(15(25-3)16(24)23(2)17(21)22-18)14-7-12(9-26-14)11-4-10(8-20)5-13(19)6-11/h4-7,9,15H,1-3H3,(H2,21,22).